The van der Waals surface area contributed by atoms with Crippen LogP contribution in [0.2, 0.25) is 5.02 Å². The van der Waals surface area contributed by atoms with Gasteiger partial charge in [0.25, 0.3) is 11.6 Å². The highest BCUT2D eigenvalue weighted by molar-refractivity contribution is 7.14. The lowest BCUT2D eigenvalue weighted by Gasteiger charge is -2.18. The van der Waals surface area contributed by atoms with E-state index in [0.717, 1.165) is 5.56 Å². The van der Waals surface area contributed by atoms with Crippen LogP contribution in [0.1, 0.15) is 10.4 Å². The Bertz CT molecular complexity index is 1080. The Morgan fingerprint density at radius 3 is 2.75 bits per heavy atom. The molecule has 8 nitrogen and oxygen atoms in total. The summed E-state index contributed by atoms with van der Waals surface area (Å²) >= 11 is 7.08. The van der Waals surface area contributed by atoms with Gasteiger partial charge in [-0.3, -0.25) is 20.2 Å². The number of hydrogen-bond donors (Lipinski definition) is 1. The maximum atomic E-state index is 12.5. The molecule has 3 aromatic rings. The van der Waals surface area contributed by atoms with Gasteiger partial charge in [-0.05, 0) is 30.3 Å². The van der Waals surface area contributed by atoms with E-state index in [9.17, 15) is 14.9 Å². The lowest BCUT2D eigenvalue weighted by Crippen LogP contribution is -2.15. The highest BCUT2D eigenvalue weighted by Crippen LogP contribution is 2.35. The third kappa shape index (κ3) is 3.62. The van der Waals surface area contributed by atoms with E-state index in [1.54, 1.807) is 11.4 Å². The van der Waals surface area contributed by atoms with Gasteiger partial charge in [0.1, 0.15) is 18.8 Å². The van der Waals surface area contributed by atoms with Crippen molar-refractivity contribution in [2.45, 2.75) is 0 Å². The molecule has 0 saturated carbocycles. The number of thiazole rings is 1. The third-order valence-corrected chi connectivity index (χ3v) is 4.96. The Labute approximate surface area is 167 Å². The van der Waals surface area contributed by atoms with Crippen LogP contribution in [0.3, 0.4) is 0 Å². The van der Waals surface area contributed by atoms with E-state index in [1.165, 1.54) is 29.5 Å². The predicted molar refractivity (Wildman–Crippen MR) is 105 cm³/mol. The topological polar surface area (TPSA) is 104 Å². The van der Waals surface area contributed by atoms with E-state index < -0.39 is 10.8 Å². The lowest BCUT2D eigenvalue weighted by atomic mass is 10.1. The first kappa shape index (κ1) is 18.2. The van der Waals surface area contributed by atoms with Crippen LogP contribution in [0.25, 0.3) is 11.3 Å². The fraction of sp³-hybridized carbons (Fsp3) is 0.111. The van der Waals surface area contributed by atoms with Crippen molar-refractivity contribution < 1.29 is 19.2 Å². The zero-order chi connectivity index (χ0) is 19.7. The van der Waals surface area contributed by atoms with Gasteiger partial charge >= 0.3 is 0 Å². The second-order valence-electron chi connectivity index (χ2n) is 5.77. The lowest BCUT2D eigenvalue weighted by molar-refractivity contribution is -0.385. The van der Waals surface area contributed by atoms with Gasteiger partial charge < -0.3 is 9.47 Å². The van der Waals surface area contributed by atoms with Crippen molar-refractivity contribution in [3.8, 4) is 22.8 Å². The van der Waals surface area contributed by atoms with Crippen molar-refractivity contribution in [3.05, 3.63) is 62.5 Å². The number of rotatable bonds is 4. The quantitative estimate of drug-likeness (QED) is 0.498. The number of fused-ring (bicyclic) bond motifs is 1. The molecule has 142 valence electrons. The second-order valence-corrected chi connectivity index (χ2v) is 7.06. The summed E-state index contributed by atoms with van der Waals surface area (Å²) in [6.07, 6.45) is 0. The molecule has 1 aliphatic rings. The molecule has 4 rings (SSSR count). The number of benzene rings is 2. The number of amides is 1. The highest BCUT2D eigenvalue weighted by Gasteiger charge is 2.22. The summed E-state index contributed by atoms with van der Waals surface area (Å²) in [5, 5.41) is 16.0. The van der Waals surface area contributed by atoms with Crippen molar-refractivity contribution in [3.63, 3.8) is 0 Å². The van der Waals surface area contributed by atoms with Crippen LogP contribution in [0.5, 0.6) is 11.5 Å². The number of nitro groups is 1. The van der Waals surface area contributed by atoms with Gasteiger partial charge in [-0.1, -0.05) is 11.6 Å². The zero-order valence-electron chi connectivity index (χ0n) is 14.2. The number of aromatic nitrogens is 1. The van der Waals surface area contributed by atoms with Crippen LogP contribution in [0.15, 0.2) is 41.8 Å². The van der Waals surface area contributed by atoms with Crippen molar-refractivity contribution in [1.82, 2.24) is 4.98 Å². The van der Waals surface area contributed by atoms with Gasteiger partial charge in [-0.15, -0.1) is 11.3 Å². The molecule has 0 saturated heterocycles. The maximum absolute atomic E-state index is 12.5. The largest absolute Gasteiger partial charge is 0.486 e. The molecule has 28 heavy (non-hydrogen) atoms. The van der Waals surface area contributed by atoms with Gasteiger partial charge in [-0.25, -0.2) is 4.98 Å². The first-order valence-electron chi connectivity index (χ1n) is 8.12. The van der Waals surface area contributed by atoms with Gasteiger partial charge in [0.05, 0.1) is 10.6 Å². The summed E-state index contributed by atoms with van der Waals surface area (Å²) < 4.78 is 11.1. The maximum Gasteiger partial charge on any atom is 0.282 e. The summed E-state index contributed by atoms with van der Waals surface area (Å²) in [5.74, 6) is 0.654. The molecule has 1 N–H and O–H groups in total. The van der Waals surface area contributed by atoms with Gasteiger partial charge in [0.2, 0.25) is 0 Å². The Kier molecular flexibility index (Phi) is 4.84. The van der Waals surface area contributed by atoms with Crippen molar-refractivity contribution >= 4 is 39.7 Å². The number of nitro benzene ring substituents is 1. The Balaban J connectivity index is 1.57. The normalized spacial score (nSPS) is 12.5. The van der Waals surface area contributed by atoms with Gasteiger partial charge in [0.15, 0.2) is 16.6 Å². The summed E-state index contributed by atoms with van der Waals surface area (Å²) in [5.41, 5.74) is 0.978. The molecule has 1 amide bonds. The van der Waals surface area contributed by atoms with E-state index >= 15 is 0 Å². The number of nitrogens with one attached hydrogen (secondary N) is 1. The SMILES string of the molecule is O=C(Nc1nc(-c2ccc3c(c2)OCCO3)cs1)c1cc(Cl)ccc1[N+](=O)[O-]. The Morgan fingerprint density at radius 2 is 1.96 bits per heavy atom. The highest BCUT2D eigenvalue weighted by atomic mass is 35.5. The van der Waals surface area contributed by atoms with E-state index in [1.807, 2.05) is 12.1 Å². The molecule has 0 spiro atoms. The number of anilines is 1. The minimum atomic E-state index is -0.655. The van der Waals surface area contributed by atoms with Crippen LogP contribution in [-0.2, 0) is 0 Å². The van der Waals surface area contributed by atoms with E-state index in [4.69, 9.17) is 21.1 Å². The fourth-order valence-electron chi connectivity index (χ4n) is 2.68. The second kappa shape index (κ2) is 7.45. The van der Waals surface area contributed by atoms with E-state index in [2.05, 4.69) is 10.3 Å². The van der Waals surface area contributed by atoms with Crippen molar-refractivity contribution in [1.29, 1.82) is 0 Å². The molecule has 2 heterocycles. The number of ether oxygens (including phenoxy) is 2. The minimum Gasteiger partial charge on any atom is -0.486 e. The van der Waals surface area contributed by atoms with E-state index in [0.29, 0.717) is 35.5 Å². The first-order valence-corrected chi connectivity index (χ1v) is 9.38. The number of hydrogen-bond acceptors (Lipinski definition) is 7. The third-order valence-electron chi connectivity index (χ3n) is 3.96. The van der Waals surface area contributed by atoms with Crippen LogP contribution in [-0.4, -0.2) is 29.0 Å². The smallest absolute Gasteiger partial charge is 0.282 e. The molecule has 0 atom stereocenters. The minimum absolute atomic E-state index is 0.131. The average Bonchev–Trinajstić information content (AvgIpc) is 3.15. The number of carbonyl (C=O) groups is 1. The number of halogens is 1. The molecule has 0 fully saturated rings. The Morgan fingerprint density at radius 1 is 1.18 bits per heavy atom. The molecule has 10 heteroatoms. The molecular formula is C18H12ClN3O5S. The van der Waals surface area contributed by atoms with Crippen LogP contribution < -0.4 is 14.8 Å². The van der Waals surface area contributed by atoms with Crippen LogP contribution >= 0.6 is 22.9 Å². The van der Waals surface area contributed by atoms with Gasteiger partial charge in [0, 0.05) is 22.0 Å². The van der Waals surface area contributed by atoms with Crippen LogP contribution in [0, 0.1) is 10.1 Å². The van der Waals surface area contributed by atoms with Crippen molar-refractivity contribution in [2.24, 2.45) is 0 Å². The summed E-state index contributed by atoms with van der Waals surface area (Å²) in [6.45, 7) is 0.988. The number of nitrogens with zero attached hydrogens (tertiary/aromatic N) is 2. The summed E-state index contributed by atoms with van der Waals surface area (Å²) in [7, 11) is 0. The molecule has 2 aromatic carbocycles. The first-order chi connectivity index (χ1) is 13.5. The van der Waals surface area contributed by atoms with Crippen molar-refractivity contribution in [2.75, 3.05) is 18.5 Å². The molecule has 1 aliphatic heterocycles. The zero-order valence-corrected chi connectivity index (χ0v) is 15.7. The predicted octanol–water partition coefficient (Wildman–Crippen LogP) is 4.40. The molecule has 0 aliphatic carbocycles. The van der Waals surface area contributed by atoms with E-state index in [-0.39, 0.29) is 16.3 Å². The average molecular weight is 418 g/mol. The van der Waals surface area contributed by atoms with Crippen LogP contribution in [0.4, 0.5) is 10.8 Å². The molecule has 0 unspecified atom stereocenters. The molecular weight excluding hydrogens is 406 g/mol. The summed E-state index contributed by atoms with van der Waals surface area (Å²) in [4.78, 5) is 27.4. The standard InChI is InChI=1S/C18H12ClN3O5S/c19-11-2-3-14(22(24)25)12(8-11)17(23)21-18-20-13(9-28-18)10-1-4-15-16(7-10)27-6-5-26-15/h1-4,7-9H,5-6H2,(H,20,21,23). The fourth-order valence-corrected chi connectivity index (χ4v) is 3.57. The summed E-state index contributed by atoms with van der Waals surface area (Å²) in [6, 6.07) is 9.27. The Hall–Kier alpha value is -3.17. The molecule has 0 radical (unpaired) electrons. The monoisotopic (exact) mass is 417 g/mol. The van der Waals surface area contributed by atoms with Gasteiger partial charge in [-0.2, -0.15) is 0 Å². The molecule has 0 bridgehead atoms. The number of carbonyl (C=O) groups excluding carboxylic acids is 1. The molecule has 1 aromatic heterocycles.